The van der Waals surface area contributed by atoms with E-state index in [1.165, 1.54) is 22.7 Å². The number of thiazole rings is 1. The topological polar surface area (TPSA) is 69.0 Å². The van der Waals surface area contributed by atoms with Gasteiger partial charge in [-0.2, -0.15) is 0 Å². The van der Waals surface area contributed by atoms with Crippen LogP contribution in [0.4, 0.5) is 5.13 Å². The largest absolute Gasteiger partial charge is 0.376 e. The quantitative estimate of drug-likeness (QED) is 0.723. The summed E-state index contributed by atoms with van der Waals surface area (Å²) in [5.41, 5.74) is 4.94. The van der Waals surface area contributed by atoms with Crippen LogP contribution in [0.3, 0.4) is 0 Å². The number of hydrogen-bond donors (Lipinski definition) is 1. The Labute approximate surface area is 162 Å². The van der Waals surface area contributed by atoms with E-state index >= 15 is 0 Å². The molecule has 140 valence electrons. The summed E-state index contributed by atoms with van der Waals surface area (Å²) in [5, 5.41) is 5.44. The molecule has 4 heterocycles. The third-order valence-corrected chi connectivity index (χ3v) is 5.68. The fourth-order valence-corrected chi connectivity index (χ4v) is 4.17. The van der Waals surface area contributed by atoms with Gasteiger partial charge in [-0.15, -0.1) is 11.3 Å². The Bertz CT molecular complexity index is 942. The van der Waals surface area contributed by atoms with Gasteiger partial charge in [0.15, 0.2) is 5.13 Å². The molecule has 6 nitrogen and oxygen atoms in total. The van der Waals surface area contributed by atoms with E-state index in [0.717, 1.165) is 37.3 Å². The molecule has 1 saturated heterocycles. The molecule has 1 unspecified atom stereocenters. The summed E-state index contributed by atoms with van der Waals surface area (Å²) >= 11 is 1.43. The highest BCUT2D eigenvalue weighted by Gasteiger charge is 2.20. The molecular weight excluding hydrogens is 360 g/mol. The lowest BCUT2D eigenvalue weighted by molar-refractivity contribution is 0.0962. The molecule has 3 aromatic heterocycles. The summed E-state index contributed by atoms with van der Waals surface area (Å²) in [7, 11) is 0. The van der Waals surface area contributed by atoms with E-state index in [4.69, 9.17) is 4.74 Å². The predicted molar refractivity (Wildman–Crippen MR) is 106 cm³/mol. The first-order valence-corrected chi connectivity index (χ1v) is 9.95. The van der Waals surface area contributed by atoms with Gasteiger partial charge in [0.05, 0.1) is 11.8 Å². The van der Waals surface area contributed by atoms with E-state index < -0.39 is 0 Å². The van der Waals surface area contributed by atoms with Gasteiger partial charge in [-0.25, -0.2) is 4.98 Å². The van der Waals surface area contributed by atoms with E-state index in [9.17, 15) is 4.79 Å². The van der Waals surface area contributed by atoms with Crippen LogP contribution in [0.5, 0.6) is 0 Å². The fourth-order valence-electron chi connectivity index (χ4n) is 3.46. The molecule has 0 bridgehead atoms. The molecule has 0 aliphatic carbocycles. The second kappa shape index (κ2) is 7.62. The maximum atomic E-state index is 12.3. The SMILES string of the molecule is Cc1cc(-c2csc(NC(=O)c3ccncc3)n2)c(C)n1CC1CCCO1. The van der Waals surface area contributed by atoms with Crippen LogP contribution < -0.4 is 5.32 Å². The van der Waals surface area contributed by atoms with Gasteiger partial charge in [0.2, 0.25) is 0 Å². The summed E-state index contributed by atoms with van der Waals surface area (Å²) in [6.45, 7) is 5.98. The highest BCUT2D eigenvalue weighted by atomic mass is 32.1. The molecule has 1 aliphatic heterocycles. The molecule has 27 heavy (non-hydrogen) atoms. The first-order valence-electron chi connectivity index (χ1n) is 9.07. The third kappa shape index (κ3) is 3.79. The Balaban J connectivity index is 1.52. The number of pyridine rings is 1. The Morgan fingerprint density at radius 1 is 1.37 bits per heavy atom. The van der Waals surface area contributed by atoms with E-state index in [-0.39, 0.29) is 5.91 Å². The number of hydrogen-bond acceptors (Lipinski definition) is 5. The van der Waals surface area contributed by atoms with Crippen molar-refractivity contribution in [3.05, 3.63) is 52.9 Å². The summed E-state index contributed by atoms with van der Waals surface area (Å²) in [5.74, 6) is -0.179. The van der Waals surface area contributed by atoms with Crippen molar-refractivity contribution in [3.8, 4) is 11.3 Å². The van der Waals surface area contributed by atoms with Gasteiger partial charge in [-0.3, -0.25) is 15.1 Å². The number of carbonyl (C=O) groups is 1. The lowest BCUT2D eigenvalue weighted by atomic mass is 10.2. The summed E-state index contributed by atoms with van der Waals surface area (Å²) < 4.78 is 8.09. The minimum atomic E-state index is -0.179. The van der Waals surface area contributed by atoms with Gasteiger partial charge < -0.3 is 9.30 Å². The molecule has 1 N–H and O–H groups in total. The number of nitrogens with one attached hydrogen (secondary N) is 1. The summed E-state index contributed by atoms with van der Waals surface area (Å²) in [6.07, 6.45) is 5.77. The number of carbonyl (C=O) groups excluding carboxylic acids is 1. The predicted octanol–water partition coefficient (Wildman–Crippen LogP) is 4.05. The van der Waals surface area contributed by atoms with E-state index in [0.29, 0.717) is 16.8 Å². The molecular formula is C20H22N4O2S. The first-order chi connectivity index (χ1) is 13.1. The normalized spacial score (nSPS) is 16.6. The van der Waals surface area contributed by atoms with Crippen molar-refractivity contribution in [1.82, 2.24) is 14.5 Å². The monoisotopic (exact) mass is 382 g/mol. The molecule has 0 aromatic carbocycles. The van der Waals surface area contributed by atoms with E-state index in [1.54, 1.807) is 24.5 Å². The number of rotatable bonds is 5. The Hall–Kier alpha value is -2.51. The van der Waals surface area contributed by atoms with Crippen LogP contribution in [0.15, 0.2) is 36.0 Å². The second-order valence-corrected chi connectivity index (χ2v) is 7.62. The van der Waals surface area contributed by atoms with E-state index in [1.807, 2.05) is 5.38 Å². The zero-order valence-electron chi connectivity index (χ0n) is 15.4. The number of ether oxygens (including phenoxy) is 1. The molecule has 1 aliphatic rings. The molecule has 1 amide bonds. The van der Waals surface area contributed by atoms with Crippen molar-refractivity contribution in [2.75, 3.05) is 11.9 Å². The molecule has 7 heteroatoms. The maximum Gasteiger partial charge on any atom is 0.257 e. The zero-order chi connectivity index (χ0) is 18.8. The zero-order valence-corrected chi connectivity index (χ0v) is 16.3. The Morgan fingerprint density at radius 3 is 2.93 bits per heavy atom. The number of anilines is 1. The highest BCUT2D eigenvalue weighted by Crippen LogP contribution is 2.31. The molecule has 0 spiro atoms. The van der Waals surface area contributed by atoms with E-state index in [2.05, 4.69) is 39.8 Å². The number of nitrogens with zero attached hydrogens (tertiary/aromatic N) is 3. The smallest absolute Gasteiger partial charge is 0.257 e. The van der Waals surface area contributed by atoms with Gasteiger partial charge in [0.1, 0.15) is 0 Å². The van der Waals surface area contributed by atoms with Crippen LogP contribution in [0, 0.1) is 13.8 Å². The van der Waals surface area contributed by atoms with Gasteiger partial charge in [-0.1, -0.05) is 0 Å². The Kier molecular flexibility index (Phi) is 5.05. The number of aromatic nitrogens is 3. The number of aryl methyl sites for hydroxylation is 1. The van der Waals surface area contributed by atoms with Crippen molar-refractivity contribution in [1.29, 1.82) is 0 Å². The third-order valence-electron chi connectivity index (χ3n) is 4.93. The van der Waals surface area contributed by atoms with Gasteiger partial charge in [0.25, 0.3) is 5.91 Å². The Morgan fingerprint density at radius 2 is 2.19 bits per heavy atom. The van der Waals surface area contributed by atoms with Crippen molar-refractivity contribution >= 4 is 22.4 Å². The second-order valence-electron chi connectivity index (χ2n) is 6.76. The fraction of sp³-hybridized carbons (Fsp3) is 0.350. The van der Waals surface area contributed by atoms with Crippen molar-refractivity contribution in [3.63, 3.8) is 0 Å². The average Bonchev–Trinajstić information content (AvgIpc) is 3.41. The molecule has 0 radical (unpaired) electrons. The lowest BCUT2D eigenvalue weighted by Crippen LogP contribution is -2.16. The minimum Gasteiger partial charge on any atom is -0.376 e. The minimum absolute atomic E-state index is 0.179. The lowest BCUT2D eigenvalue weighted by Gasteiger charge is -2.14. The maximum absolute atomic E-state index is 12.3. The summed E-state index contributed by atoms with van der Waals surface area (Å²) in [4.78, 5) is 20.8. The van der Waals surface area contributed by atoms with Crippen molar-refractivity contribution < 1.29 is 9.53 Å². The highest BCUT2D eigenvalue weighted by molar-refractivity contribution is 7.14. The molecule has 0 saturated carbocycles. The summed E-state index contributed by atoms with van der Waals surface area (Å²) in [6, 6.07) is 5.53. The van der Waals surface area contributed by atoms with Crippen molar-refractivity contribution in [2.24, 2.45) is 0 Å². The number of amides is 1. The average molecular weight is 382 g/mol. The first kappa shape index (κ1) is 17.9. The molecule has 1 fully saturated rings. The van der Waals surface area contributed by atoms with Gasteiger partial charge in [0, 0.05) is 53.4 Å². The molecule has 4 rings (SSSR count). The van der Waals surface area contributed by atoms with Crippen LogP contribution in [0.25, 0.3) is 11.3 Å². The van der Waals surface area contributed by atoms with Gasteiger partial charge in [-0.05, 0) is 44.9 Å². The van der Waals surface area contributed by atoms with Crippen LogP contribution in [0.1, 0.15) is 34.6 Å². The van der Waals surface area contributed by atoms with Crippen LogP contribution >= 0.6 is 11.3 Å². The van der Waals surface area contributed by atoms with Crippen LogP contribution in [-0.4, -0.2) is 33.2 Å². The molecule has 1 atom stereocenters. The van der Waals surface area contributed by atoms with Gasteiger partial charge >= 0.3 is 0 Å². The molecule has 3 aromatic rings. The van der Waals surface area contributed by atoms with Crippen LogP contribution in [-0.2, 0) is 11.3 Å². The van der Waals surface area contributed by atoms with Crippen molar-refractivity contribution in [2.45, 2.75) is 39.3 Å². The standard InChI is InChI=1S/C20H22N4O2S/c1-13-10-17(14(2)24(13)11-16-4-3-9-26-16)18-12-27-20(22-18)23-19(25)15-5-7-21-8-6-15/h5-8,10,12,16H,3-4,9,11H2,1-2H3,(H,22,23,25). The van der Waals surface area contributed by atoms with Crippen LogP contribution in [0.2, 0.25) is 0 Å².